The zero-order chi connectivity index (χ0) is 23.7. The summed E-state index contributed by atoms with van der Waals surface area (Å²) in [5.74, 6) is 0. The molecule has 6 nitrogen and oxygen atoms in total. The number of rotatable bonds is 6. The highest BCUT2D eigenvalue weighted by Crippen LogP contribution is 2.35. The highest BCUT2D eigenvalue weighted by molar-refractivity contribution is 6.30. The van der Waals surface area contributed by atoms with Gasteiger partial charge in [0.1, 0.15) is 6.10 Å². The van der Waals surface area contributed by atoms with Gasteiger partial charge in [-0.15, -0.1) is 0 Å². The second-order valence-corrected chi connectivity index (χ2v) is 8.77. The number of aliphatic hydroxyl groups excluding tert-OH is 1. The number of unbranched alkanes of at least 4 members (excludes halogenated alkanes) is 1. The van der Waals surface area contributed by atoms with Crippen molar-refractivity contribution in [2.45, 2.75) is 32.4 Å². The summed E-state index contributed by atoms with van der Waals surface area (Å²) >= 11 is 12.1. The fourth-order valence-corrected chi connectivity index (χ4v) is 4.18. The molecule has 0 saturated heterocycles. The largest absolute Gasteiger partial charge is 0.384 e. The van der Waals surface area contributed by atoms with Crippen LogP contribution in [0.1, 0.15) is 37.0 Å². The van der Waals surface area contributed by atoms with Crippen LogP contribution in [0.15, 0.2) is 64.3 Å². The lowest BCUT2D eigenvalue weighted by Crippen LogP contribution is -2.39. The molecule has 0 fully saturated rings. The Labute approximate surface area is 200 Å². The number of aliphatic hydroxyl groups is 1. The standard InChI is InChI=1S/C25H23Cl2N3O3/c1-3-4-13-30-24(32)20-19(29(2)25(30)33)14-28-22(15-5-9-17(26)10-6-15)21(20)23(31)16-7-11-18(27)12-8-16/h5-12,14,23,31H,3-4,13H2,1-2H3. The number of pyridine rings is 1. The van der Waals surface area contributed by atoms with E-state index in [9.17, 15) is 14.7 Å². The number of aromatic nitrogens is 3. The molecule has 2 aromatic heterocycles. The third-order valence-electron chi connectivity index (χ3n) is 5.75. The second kappa shape index (κ2) is 9.51. The van der Waals surface area contributed by atoms with Gasteiger partial charge in [0.25, 0.3) is 5.56 Å². The van der Waals surface area contributed by atoms with Crippen molar-refractivity contribution in [3.05, 3.63) is 96.7 Å². The Morgan fingerprint density at radius 3 is 2.21 bits per heavy atom. The maximum Gasteiger partial charge on any atom is 0.331 e. The quantitative estimate of drug-likeness (QED) is 0.420. The van der Waals surface area contributed by atoms with E-state index in [1.54, 1.807) is 55.6 Å². The summed E-state index contributed by atoms with van der Waals surface area (Å²) in [6, 6.07) is 13.8. The third-order valence-corrected chi connectivity index (χ3v) is 6.25. The topological polar surface area (TPSA) is 77.1 Å². The molecule has 8 heteroatoms. The maximum atomic E-state index is 13.6. The Balaban J connectivity index is 2.10. The number of fused-ring (bicyclic) bond motifs is 1. The Morgan fingerprint density at radius 2 is 1.61 bits per heavy atom. The highest BCUT2D eigenvalue weighted by Gasteiger charge is 2.25. The van der Waals surface area contributed by atoms with Crippen molar-refractivity contribution < 1.29 is 5.11 Å². The van der Waals surface area contributed by atoms with E-state index in [-0.39, 0.29) is 5.39 Å². The molecule has 0 amide bonds. The van der Waals surface area contributed by atoms with E-state index in [4.69, 9.17) is 23.2 Å². The molecule has 1 N–H and O–H groups in total. The third kappa shape index (κ3) is 4.34. The fourth-order valence-electron chi connectivity index (χ4n) is 3.93. The molecule has 4 aromatic rings. The van der Waals surface area contributed by atoms with E-state index in [1.165, 1.54) is 15.3 Å². The minimum absolute atomic E-state index is 0.260. The van der Waals surface area contributed by atoms with Gasteiger partial charge < -0.3 is 5.11 Å². The number of benzene rings is 2. The lowest BCUT2D eigenvalue weighted by Gasteiger charge is -2.20. The van der Waals surface area contributed by atoms with Gasteiger partial charge in [-0.3, -0.25) is 18.9 Å². The summed E-state index contributed by atoms with van der Waals surface area (Å²) in [5, 5.41) is 12.8. The molecule has 2 heterocycles. The molecule has 170 valence electrons. The van der Waals surface area contributed by atoms with Crippen LogP contribution < -0.4 is 11.2 Å². The molecule has 0 radical (unpaired) electrons. The lowest BCUT2D eigenvalue weighted by molar-refractivity contribution is 0.222. The van der Waals surface area contributed by atoms with Gasteiger partial charge in [0.05, 0.1) is 22.8 Å². The van der Waals surface area contributed by atoms with Crippen molar-refractivity contribution in [2.24, 2.45) is 7.05 Å². The number of nitrogens with zero attached hydrogens (tertiary/aromatic N) is 3. The van der Waals surface area contributed by atoms with Crippen molar-refractivity contribution in [1.29, 1.82) is 0 Å². The van der Waals surface area contributed by atoms with Crippen LogP contribution in [0, 0.1) is 0 Å². The van der Waals surface area contributed by atoms with E-state index in [2.05, 4.69) is 4.98 Å². The van der Waals surface area contributed by atoms with E-state index < -0.39 is 17.4 Å². The molecule has 1 unspecified atom stereocenters. The summed E-state index contributed by atoms with van der Waals surface area (Å²) < 4.78 is 2.64. The molecule has 0 aliphatic rings. The Morgan fingerprint density at radius 1 is 1.00 bits per heavy atom. The van der Waals surface area contributed by atoms with Gasteiger partial charge in [-0.2, -0.15) is 0 Å². The minimum atomic E-state index is -1.17. The normalized spacial score (nSPS) is 12.3. The molecule has 1 atom stereocenters. The smallest absolute Gasteiger partial charge is 0.331 e. The molecule has 0 bridgehead atoms. The van der Waals surface area contributed by atoms with Gasteiger partial charge in [0.2, 0.25) is 0 Å². The monoisotopic (exact) mass is 483 g/mol. The van der Waals surface area contributed by atoms with Crippen LogP contribution in [-0.2, 0) is 13.6 Å². The molecular formula is C25H23Cl2N3O3. The Hall–Kier alpha value is -2.93. The number of halogens is 2. The average Bonchev–Trinajstić information content (AvgIpc) is 2.82. The van der Waals surface area contributed by atoms with Gasteiger partial charge >= 0.3 is 5.69 Å². The summed E-state index contributed by atoms with van der Waals surface area (Å²) in [5.41, 5.74) is 1.53. The second-order valence-electron chi connectivity index (χ2n) is 7.89. The van der Waals surface area contributed by atoms with Crippen LogP contribution in [0.3, 0.4) is 0 Å². The van der Waals surface area contributed by atoms with Gasteiger partial charge in [0, 0.05) is 34.8 Å². The zero-order valence-corrected chi connectivity index (χ0v) is 19.8. The molecule has 0 spiro atoms. The molecule has 2 aromatic carbocycles. The van der Waals surface area contributed by atoms with Crippen LogP contribution in [0.25, 0.3) is 22.2 Å². The van der Waals surface area contributed by atoms with Crippen LogP contribution >= 0.6 is 23.2 Å². The van der Waals surface area contributed by atoms with E-state index in [0.29, 0.717) is 50.9 Å². The van der Waals surface area contributed by atoms with Crippen LogP contribution in [0.5, 0.6) is 0 Å². The summed E-state index contributed by atoms with van der Waals surface area (Å²) in [6.07, 6.45) is 1.85. The first-order valence-electron chi connectivity index (χ1n) is 10.6. The van der Waals surface area contributed by atoms with Gasteiger partial charge in [-0.1, -0.05) is 60.8 Å². The van der Waals surface area contributed by atoms with Crippen molar-refractivity contribution in [3.8, 4) is 11.3 Å². The fraction of sp³-hybridized carbons (Fsp3) is 0.240. The van der Waals surface area contributed by atoms with Gasteiger partial charge in [-0.25, -0.2) is 4.79 Å². The van der Waals surface area contributed by atoms with Crippen LogP contribution in [0.4, 0.5) is 0 Å². The predicted molar refractivity (Wildman–Crippen MR) is 132 cm³/mol. The van der Waals surface area contributed by atoms with Crippen molar-refractivity contribution in [3.63, 3.8) is 0 Å². The molecule has 0 aliphatic heterocycles. The lowest BCUT2D eigenvalue weighted by atomic mass is 9.93. The minimum Gasteiger partial charge on any atom is -0.384 e. The summed E-state index contributed by atoms with van der Waals surface area (Å²) in [6.45, 7) is 2.29. The number of hydrogen-bond donors (Lipinski definition) is 1. The first-order chi connectivity index (χ1) is 15.8. The van der Waals surface area contributed by atoms with Gasteiger partial charge in [0.15, 0.2) is 0 Å². The highest BCUT2D eigenvalue weighted by atomic mass is 35.5. The van der Waals surface area contributed by atoms with Crippen molar-refractivity contribution in [2.75, 3.05) is 0 Å². The van der Waals surface area contributed by atoms with Crippen molar-refractivity contribution in [1.82, 2.24) is 14.1 Å². The average molecular weight is 484 g/mol. The number of hydrogen-bond acceptors (Lipinski definition) is 4. The molecule has 33 heavy (non-hydrogen) atoms. The summed E-state index contributed by atoms with van der Waals surface area (Å²) in [7, 11) is 1.61. The maximum absolute atomic E-state index is 13.6. The SMILES string of the molecule is CCCCn1c(=O)c2c(C(O)c3ccc(Cl)cc3)c(-c3ccc(Cl)cc3)ncc2n(C)c1=O. The Kier molecular flexibility index (Phi) is 6.70. The molecular weight excluding hydrogens is 461 g/mol. The zero-order valence-electron chi connectivity index (χ0n) is 18.3. The molecule has 0 saturated carbocycles. The van der Waals surface area contributed by atoms with Gasteiger partial charge in [-0.05, 0) is 36.2 Å². The van der Waals surface area contributed by atoms with Crippen LogP contribution in [0.2, 0.25) is 10.0 Å². The van der Waals surface area contributed by atoms with E-state index >= 15 is 0 Å². The summed E-state index contributed by atoms with van der Waals surface area (Å²) in [4.78, 5) is 31.1. The van der Waals surface area contributed by atoms with E-state index in [0.717, 1.165) is 6.42 Å². The molecule has 0 aliphatic carbocycles. The number of aryl methyl sites for hydroxylation is 1. The predicted octanol–water partition coefficient (Wildman–Crippen LogP) is 4.95. The first kappa shape index (κ1) is 23.2. The Bertz CT molecular complexity index is 1430. The van der Waals surface area contributed by atoms with Crippen molar-refractivity contribution >= 4 is 34.1 Å². The first-order valence-corrected chi connectivity index (χ1v) is 11.4. The van der Waals surface area contributed by atoms with Crippen LogP contribution in [-0.4, -0.2) is 19.2 Å². The molecule has 4 rings (SSSR count). The van der Waals surface area contributed by atoms with E-state index in [1.807, 2.05) is 6.92 Å².